The molecule has 2 nitrogen and oxygen atoms in total. The molecule has 0 fully saturated rings. The van der Waals surface area contributed by atoms with E-state index in [9.17, 15) is 9.90 Å². The molecule has 0 aromatic rings. The van der Waals surface area contributed by atoms with Crippen molar-refractivity contribution in [2.45, 2.75) is 52.6 Å². The van der Waals surface area contributed by atoms with Gasteiger partial charge in [-0.3, -0.25) is 0 Å². The van der Waals surface area contributed by atoms with Crippen LogP contribution in [0.4, 0.5) is 0 Å². The molecular weight excluding hydrogens is 152 g/mol. The summed E-state index contributed by atoms with van der Waals surface area (Å²) in [6.45, 7) is 6.51. The number of hydrogen-bond donors (Lipinski definition) is 1. The van der Waals surface area contributed by atoms with Gasteiger partial charge in [-0.1, -0.05) is 27.2 Å². The minimum Gasteiger partial charge on any atom is -0.393 e. The summed E-state index contributed by atoms with van der Waals surface area (Å²) in [5, 5.41) is 9.28. The van der Waals surface area contributed by atoms with Crippen LogP contribution >= 0.6 is 0 Å². The lowest BCUT2D eigenvalue weighted by atomic mass is 9.84. The summed E-state index contributed by atoms with van der Waals surface area (Å²) < 4.78 is 0. The van der Waals surface area contributed by atoms with E-state index in [-0.39, 0.29) is 6.42 Å². The van der Waals surface area contributed by atoms with E-state index in [2.05, 4.69) is 20.8 Å². The first-order valence-electron chi connectivity index (χ1n) is 4.63. The van der Waals surface area contributed by atoms with Gasteiger partial charge in [-0.05, 0) is 18.3 Å². The van der Waals surface area contributed by atoms with Gasteiger partial charge in [0.15, 0.2) is 0 Å². The van der Waals surface area contributed by atoms with E-state index in [4.69, 9.17) is 0 Å². The molecule has 1 N–H and O–H groups in total. The first-order chi connectivity index (χ1) is 5.52. The van der Waals surface area contributed by atoms with Crippen molar-refractivity contribution in [3.63, 3.8) is 0 Å². The van der Waals surface area contributed by atoms with Gasteiger partial charge >= 0.3 is 0 Å². The van der Waals surface area contributed by atoms with Crippen LogP contribution in [-0.4, -0.2) is 17.5 Å². The maximum atomic E-state index is 10.0. The summed E-state index contributed by atoms with van der Waals surface area (Å²) in [4.78, 5) is 10.0. The largest absolute Gasteiger partial charge is 0.393 e. The number of carbonyl (C=O) groups is 1. The molecule has 0 saturated heterocycles. The number of aldehydes is 1. The third-order valence-electron chi connectivity index (χ3n) is 2.48. The highest BCUT2D eigenvalue weighted by atomic mass is 16.3. The van der Waals surface area contributed by atoms with Crippen LogP contribution in [0.5, 0.6) is 0 Å². The van der Waals surface area contributed by atoms with Crippen LogP contribution in [0.1, 0.15) is 46.5 Å². The van der Waals surface area contributed by atoms with Crippen molar-refractivity contribution in [1.82, 2.24) is 0 Å². The van der Waals surface area contributed by atoms with Crippen molar-refractivity contribution in [3.05, 3.63) is 0 Å². The Morgan fingerprint density at radius 2 is 2.08 bits per heavy atom. The van der Waals surface area contributed by atoms with Crippen molar-refractivity contribution in [1.29, 1.82) is 0 Å². The van der Waals surface area contributed by atoms with Gasteiger partial charge in [0.2, 0.25) is 0 Å². The number of carbonyl (C=O) groups excluding carboxylic acids is 1. The van der Waals surface area contributed by atoms with E-state index in [0.717, 1.165) is 25.5 Å². The van der Waals surface area contributed by atoms with Gasteiger partial charge in [-0.15, -0.1) is 0 Å². The van der Waals surface area contributed by atoms with Crippen LogP contribution in [0.25, 0.3) is 0 Å². The Morgan fingerprint density at radius 3 is 2.50 bits per heavy atom. The Balaban J connectivity index is 3.59. The van der Waals surface area contributed by atoms with E-state index in [1.54, 1.807) is 0 Å². The highest BCUT2D eigenvalue weighted by Gasteiger charge is 2.16. The van der Waals surface area contributed by atoms with Gasteiger partial charge in [0, 0.05) is 6.42 Å². The summed E-state index contributed by atoms with van der Waals surface area (Å²) in [7, 11) is 0. The normalized spacial score (nSPS) is 14.3. The molecule has 0 aromatic heterocycles. The Labute approximate surface area is 75.0 Å². The topological polar surface area (TPSA) is 37.3 Å². The standard InChI is InChI=1S/C10H20O2/c1-4-10(2,3)7-5-9(12)6-8-11/h8-9,12H,4-7H2,1-3H3. The monoisotopic (exact) mass is 172 g/mol. The van der Waals surface area contributed by atoms with Gasteiger partial charge in [-0.2, -0.15) is 0 Å². The SMILES string of the molecule is CCC(C)(C)CCC(O)CC=O. The minimum atomic E-state index is -0.437. The second kappa shape index (κ2) is 5.31. The lowest BCUT2D eigenvalue weighted by Gasteiger charge is -2.23. The van der Waals surface area contributed by atoms with Gasteiger partial charge in [-0.25, -0.2) is 0 Å². The molecular formula is C10H20O2. The minimum absolute atomic E-state index is 0.278. The zero-order chi connectivity index (χ0) is 9.61. The third kappa shape index (κ3) is 5.30. The molecule has 0 aromatic carbocycles. The molecule has 1 atom stereocenters. The first-order valence-corrected chi connectivity index (χ1v) is 4.63. The molecule has 0 amide bonds. The Kier molecular flexibility index (Phi) is 5.14. The van der Waals surface area contributed by atoms with Crippen LogP contribution in [0.3, 0.4) is 0 Å². The third-order valence-corrected chi connectivity index (χ3v) is 2.48. The molecule has 0 rings (SSSR count). The maximum absolute atomic E-state index is 10.0. The Morgan fingerprint density at radius 1 is 1.50 bits per heavy atom. The zero-order valence-corrected chi connectivity index (χ0v) is 8.34. The number of aliphatic hydroxyl groups is 1. The van der Waals surface area contributed by atoms with Gasteiger partial charge in [0.1, 0.15) is 6.29 Å². The van der Waals surface area contributed by atoms with E-state index in [1.165, 1.54) is 0 Å². The van der Waals surface area contributed by atoms with Crippen LogP contribution in [0.15, 0.2) is 0 Å². The molecule has 0 aliphatic rings. The Bertz CT molecular complexity index is 130. The van der Waals surface area contributed by atoms with Gasteiger partial charge in [0.25, 0.3) is 0 Å². The molecule has 12 heavy (non-hydrogen) atoms. The van der Waals surface area contributed by atoms with Crippen LogP contribution in [0, 0.1) is 5.41 Å². The molecule has 0 saturated carbocycles. The van der Waals surface area contributed by atoms with E-state index in [0.29, 0.717) is 5.41 Å². The fourth-order valence-electron chi connectivity index (χ4n) is 0.963. The molecule has 0 spiro atoms. The molecule has 0 bridgehead atoms. The van der Waals surface area contributed by atoms with Crippen molar-refractivity contribution >= 4 is 6.29 Å². The average molecular weight is 172 g/mol. The number of hydrogen-bond acceptors (Lipinski definition) is 2. The fraction of sp³-hybridized carbons (Fsp3) is 0.900. The number of rotatable bonds is 6. The molecule has 0 aliphatic heterocycles. The molecule has 2 heteroatoms. The smallest absolute Gasteiger partial charge is 0.122 e. The van der Waals surface area contributed by atoms with Gasteiger partial charge in [0.05, 0.1) is 6.10 Å². The molecule has 0 heterocycles. The summed E-state index contributed by atoms with van der Waals surface area (Å²) in [5.74, 6) is 0. The van der Waals surface area contributed by atoms with Crippen molar-refractivity contribution in [2.24, 2.45) is 5.41 Å². The summed E-state index contributed by atoms with van der Waals surface area (Å²) >= 11 is 0. The second-order valence-corrected chi connectivity index (χ2v) is 4.11. The molecule has 1 unspecified atom stereocenters. The summed E-state index contributed by atoms with van der Waals surface area (Å²) in [5.41, 5.74) is 0.296. The van der Waals surface area contributed by atoms with Crippen molar-refractivity contribution in [2.75, 3.05) is 0 Å². The van der Waals surface area contributed by atoms with Crippen LogP contribution in [-0.2, 0) is 4.79 Å². The van der Waals surface area contributed by atoms with Crippen molar-refractivity contribution in [3.8, 4) is 0 Å². The average Bonchev–Trinajstić information content (AvgIpc) is 2.02. The number of aliphatic hydroxyl groups excluding tert-OH is 1. The fourth-order valence-corrected chi connectivity index (χ4v) is 0.963. The zero-order valence-electron chi connectivity index (χ0n) is 8.34. The van der Waals surface area contributed by atoms with Crippen LogP contribution in [0.2, 0.25) is 0 Å². The molecule has 72 valence electrons. The maximum Gasteiger partial charge on any atom is 0.122 e. The quantitative estimate of drug-likeness (QED) is 0.623. The highest BCUT2D eigenvalue weighted by molar-refractivity contribution is 5.49. The van der Waals surface area contributed by atoms with Crippen molar-refractivity contribution < 1.29 is 9.90 Å². The lowest BCUT2D eigenvalue weighted by molar-refractivity contribution is -0.109. The summed E-state index contributed by atoms with van der Waals surface area (Å²) in [6, 6.07) is 0. The summed E-state index contributed by atoms with van der Waals surface area (Å²) in [6.07, 6.45) is 3.45. The van der Waals surface area contributed by atoms with E-state index < -0.39 is 6.10 Å². The lowest BCUT2D eigenvalue weighted by Crippen LogP contribution is -2.15. The van der Waals surface area contributed by atoms with Crippen LogP contribution < -0.4 is 0 Å². The highest BCUT2D eigenvalue weighted by Crippen LogP contribution is 2.26. The second-order valence-electron chi connectivity index (χ2n) is 4.11. The van der Waals surface area contributed by atoms with E-state index in [1.807, 2.05) is 0 Å². The predicted molar refractivity (Wildman–Crippen MR) is 50.0 cm³/mol. The molecule has 0 aliphatic carbocycles. The van der Waals surface area contributed by atoms with Gasteiger partial charge < -0.3 is 9.90 Å². The molecule has 0 radical (unpaired) electrons. The predicted octanol–water partition coefficient (Wildman–Crippen LogP) is 2.15. The van der Waals surface area contributed by atoms with E-state index >= 15 is 0 Å². The Hall–Kier alpha value is -0.370. The first kappa shape index (κ1) is 11.6.